The van der Waals surface area contributed by atoms with E-state index in [4.69, 9.17) is 33.8 Å². The fourth-order valence-corrected chi connectivity index (χ4v) is 1.52. The fraction of sp³-hybridized carbons (Fsp3) is 1.00. The third-order valence-corrected chi connectivity index (χ3v) is 2.41. The lowest BCUT2D eigenvalue weighted by molar-refractivity contribution is -0.327. The molecule has 1 rings (SSSR count). The summed E-state index contributed by atoms with van der Waals surface area (Å²) in [5.41, 5.74) is 0. The molecule has 0 aliphatic carbocycles. The van der Waals surface area contributed by atoms with Crippen LogP contribution >= 0.6 is 7.82 Å². The third-order valence-electron chi connectivity index (χ3n) is 2.41. The van der Waals surface area contributed by atoms with Gasteiger partial charge in [0, 0.05) is 13.0 Å². The average molecular weight is 300 g/mol. The predicted molar refractivity (Wildman–Crippen MR) is 69.0 cm³/mol. The molecule has 0 saturated carbocycles. The molecule has 1 aliphatic heterocycles. The van der Waals surface area contributed by atoms with Crippen molar-refractivity contribution in [3.05, 3.63) is 0 Å². The minimum atomic E-state index is -4.64. The Balaban J connectivity index is 0.000000555. The number of hydrogen-bond acceptors (Lipinski definition) is 4. The van der Waals surface area contributed by atoms with Gasteiger partial charge >= 0.3 is 7.82 Å². The molecule has 1 fully saturated rings. The van der Waals surface area contributed by atoms with Crippen LogP contribution in [0.4, 0.5) is 0 Å². The number of rotatable bonds is 8. The Morgan fingerprint density at radius 2 is 1.74 bits per heavy atom. The van der Waals surface area contributed by atoms with E-state index < -0.39 is 7.82 Å². The van der Waals surface area contributed by atoms with E-state index in [1.165, 1.54) is 32.1 Å². The smallest absolute Gasteiger partial charge is 0.350 e. The molecular formula is C11H25O7P. The van der Waals surface area contributed by atoms with Crippen molar-refractivity contribution in [2.45, 2.75) is 58.2 Å². The first kappa shape index (κ1) is 19.0. The van der Waals surface area contributed by atoms with Crippen LogP contribution in [0.5, 0.6) is 0 Å². The lowest BCUT2D eigenvalue weighted by atomic mass is 10.1. The van der Waals surface area contributed by atoms with Crippen LogP contribution in [0.3, 0.4) is 0 Å². The topological polar surface area (TPSA) is 105 Å². The summed E-state index contributed by atoms with van der Waals surface area (Å²) in [6, 6.07) is 0. The van der Waals surface area contributed by atoms with Gasteiger partial charge in [0.1, 0.15) is 0 Å². The molecule has 3 N–H and O–H groups in total. The highest BCUT2D eigenvalue weighted by molar-refractivity contribution is 7.45. The average Bonchev–Trinajstić information content (AvgIpc) is 2.78. The molecule has 1 atom stereocenters. The zero-order valence-electron chi connectivity index (χ0n) is 11.4. The largest absolute Gasteiger partial charge is 0.466 e. The molecular weight excluding hydrogens is 275 g/mol. The number of ether oxygens (including phenoxy) is 1. The molecule has 0 aromatic carbocycles. The van der Waals surface area contributed by atoms with Gasteiger partial charge in [-0.15, -0.1) is 0 Å². The maximum Gasteiger partial charge on any atom is 0.466 e. The molecule has 0 bridgehead atoms. The summed E-state index contributed by atoms with van der Waals surface area (Å²) < 4.78 is 14.3. The van der Waals surface area contributed by atoms with E-state index >= 15 is 0 Å². The normalized spacial score (nSPS) is 19.1. The Labute approximate surface area is 114 Å². The summed E-state index contributed by atoms with van der Waals surface area (Å²) >= 11 is 0. The van der Waals surface area contributed by atoms with Crippen LogP contribution in [0.1, 0.15) is 51.9 Å². The van der Waals surface area contributed by atoms with Gasteiger partial charge in [0.15, 0.2) is 6.29 Å². The highest BCUT2D eigenvalue weighted by Gasteiger charge is 2.16. The molecule has 19 heavy (non-hydrogen) atoms. The summed E-state index contributed by atoms with van der Waals surface area (Å²) in [6.45, 7) is 3.71. The van der Waals surface area contributed by atoms with Crippen LogP contribution in [-0.4, -0.2) is 34.2 Å². The lowest BCUT2D eigenvalue weighted by Gasteiger charge is -2.08. The zero-order chi connectivity index (χ0) is 14.6. The molecule has 1 heterocycles. The first-order valence-electron chi connectivity index (χ1n) is 6.61. The van der Waals surface area contributed by atoms with Crippen molar-refractivity contribution in [3.63, 3.8) is 0 Å². The third kappa shape index (κ3) is 18.0. The maximum absolute atomic E-state index is 8.88. The van der Waals surface area contributed by atoms with Crippen LogP contribution in [-0.2, 0) is 19.1 Å². The molecule has 1 saturated heterocycles. The first-order valence-corrected chi connectivity index (χ1v) is 8.18. The van der Waals surface area contributed by atoms with Gasteiger partial charge in [0.25, 0.3) is 0 Å². The van der Waals surface area contributed by atoms with E-state index in [-0.39, 0.29) is 6.29 Å². The summed E-state index contributed by atoms with van der Waals surface area (Å²) in [5, 5.41) is 0. The van der Waals surface area contributed by atoms with Gasteiger partial charge in [-0.05, 0) is 6.42 Å². The van der Waals surface area contributed by atoms with Gasteiger partial charge < -0.3 is 19.4 Å². The highest BCUT2D eigenvalue weighted by Crippen LogP contribution is 2.25. The van der Waals surface area contributed by atoms with E-state index in [2.05, 4.69) is 6.92 Å². The standard InChI is InChI=1S/C11H22O3.H3O4P/c1-2-3-4-5-6-7-9-12-11-8-10-13-14-11;1-5(2,3)4/h11H,2-10H2,1H3;(H3,1,2,3,4). The number of phosphoric acid groups is 1. The molecule has 8 heteroatoms. The maximum atomic E-state index is 8.88. The molecule has 0 spiro atoms. The molecule has 7 nitrogen and oxygen atoms in total. The van der Waals surface area contributed by atoms with Crippen molar-refractivity contribution in [1.82, 2.24) is 0 Å². The van der Waals surface area contributed by atoms with E-state index in [1.54, 1.807) is 0 Å². The van der Waals surface area contributed by atoms with Crippen LogP contribution in [0, 0.1) is 0 Å². The van der Waals surface area contributed by atoms with E-state index in [1.807, 2.05) is 0 Å². The first-order chi connectivity index (χ1) is 8.93. The Kier molecular flexibility index (Phi) is 11.8. The van der Waals surface area contributed by atoms with Crippen molar-refractivity contribution < 1.29 is 33.8 Å². The van der Waals surface area contributed by atoms with Gasteiger partial charge in [-0.2, -0.15) is 0 Å². The Hall–Kier alpha value is -0.0100. The second-order valence-corrected chi connectivity index (χ2v) is 5.31. The molecule has 0 aromatic heterocycles. The van der Waals surface area contributed by atoms with Crippen molar-refractivity contribution in [3.8, 4) is 0 Å². The molecule has 0 amide bonds. The van der Waals surface area contributed by atoms with Crippen molar-refractivity contribution in [2.75, 3.05) is 13.2 Å². The van der Waals surface area contributed by atoms with Crippen molar-refractivity contribution in [1.29, 1.82) is 0 Å². The van der Waals surface area contributed by atoms with Crippen LogP contribution < -0.4 is 0 Å². The van der Waals surface area contributed by atoms with Gasteiger partial charge in [-0.3, -0.25) is 0 Å². The summed E-state index contributed by atoms with van der Waals surface area (Å²) in [5.74, 6) is 0. The van der Waals surface area contributed by atoms with Crippen LogP contribution in [0.25, 0.3) is 0 Å². The second-order valence-electron chi connectivity index (χ2n) is 4.29. The quantitative estimate of drug-likeness (QED) is 0.358. The number of unbranched alkanes of at least 4 members (excludes halogenated alkanes) is 5. The molecule has 0 aromatic rings. The monoisotopic (exact) mass is 300 g/mol. The van der Waals surface area contributed by atoms with Crippen molar-refractivity contribution >= 4 is 7.82 Å². The zero-order valence-corrected chi connectivity index (χ0v) is 12.3. The number of hydrogen-bond donors (Lipinski definition) is 3. The van der Waals surface area contributed by atoms with Gasteiger partial charge in [-0.1, -0.05) is 39.0 Å². The summed E-state index contributed by atoms with van der Waals surface area (Å²) in [7, 11) is -4.64. The van der Waals surface area contributed by atoms with Gasteiger partial charge in [0.05, 0.1) is 6.61 Å². The SMILES string of the molecule is CCCCCCCCOC1CCOO1.O=P(O)(O)O. The Morgan fingerprint density at radius 1 is 1.16 bits per heavy atom. The second kappa shape index (κ2) is 11.8. The van der Waals surface area contributed by atoms with Crippen molar-refractivity contribution in [2.24, 2.45) is 0 Å². The lowest BCUT2D eigenvalue weighted by Crippen LogP contribution is -2.11. The van der Waals surface area contributed by atoms with Gasteiger partial charge in [-0.25, -0.2) is 14.3 Å². The van der Waals surface area contributed by atoms with Crippen LogP contribution in [0.2, 0.25) is 0 Å². The fourth-order valence-electron chi connectivity index (χ4n) is 1.52. The highest BCUT2D eigenvalue weighted by atomic mass is 31.2. The predicted octanol–water partition coefficient (Wildman–Crippen LogP) is 2.11. The molecule has 1 aliphatic rings. The Bertz CT molecular complexity index is 229. The van der Waals surface area contributed by atoms with Crippen LogP contribution in [0.15, 0.2) is 0 Å². The minimum absolute atomic E-state index is 0.106. The van der Waals surface area contributed by atoms with E-state index in [9.17, 15) is 0 Å². The molecule has 0 radical (unpaired) electrons. The van der Waals surface area contributed by atoms with Gasteiger partial charge in [0.2, 0.25) is 0 Å². The minimum Gasteiger partial charge on any atom is -0.350 e. The van der Waals surface area contributed by atoms with E-state index in [0.29, 0.717) is 6.61 Å². The molecule has 116 valence electrons. The van der Waals surface area contributed by atoms with E-state index in [0.717, 1.165) is 19.4 Å². The summed E-state index contributed by atoms with van der Waals surface area (Å²) in [4.78, 5) is 31.2. The summed E-state index contributed by atoms with van der Waals surface area (Å²) in [6.07, 6.45) is 8.54. The Morgan fingerprint density at radius 3 is 2.26 bits per heavy atom. The molecule has 1 unspecified atom stereocenters.